The highest BCUT2D eigenvalue weighted by Crippen LogP contribution is 2.27. The molecule has 0 spiro atoms. The van der Waals surface area contributed by atoms with Crippen molar-refractivity contribution in [2.24, 2.45) is 12.5 Å². The molecule has 100 valence electrons. The molecular formula is C14H18N4O. The Hall–Kier alpha value is -2.17. The minimum Gasteiger partial charge on any atom is -0.325 e. The van der Waals surface area contributed by atoms with Gasteiger partial charge < -0.3 is 9.88 Å². The van der Waals surface area contributed by atoms with Crippen LogP contribution in [-0.4, -0.2) is 20.7 Å². The number of nitrogens with zero attached hydrogens (tertiary/aromatic N) is 3. The fourth-order valence-electron chi connectivity index (χ4n) is 1.62. The fraction of sp³-hybridized carbons (Fsp3) is 0.357. The van der Waals surface area contributed by atoms with Gasteiger partial charge in [-0.3, -0.25) is 4.79 Å². The zero-order valence-corrected chi connectivity index (χ0v) is 11.6. The maximum atomic E-state index is 12.1. The molecule has 19 heavy (non-hydrogen) atoms. The number of aromatic nitrogens is 3. The summed E-state index contributed by atoms with van der Waals surface area (Å²) in [4.78, 5) is 12.1. The summed E-state index contributed by atoms with van der Waals surface area (Å²) < 4.78 is 1.82. The van der Waals surface area contributed by atoms with E-state index >= 15 is 0 Å². The van der Waals surface area contributed by atoms with Crippen LogP contribution < -0.4 is 5.32 Å². The van der Waals surface area contributed by atoms with Crippen molar-refractivity contribution in [3.63, 3.8) is 0 Å². The van der Waals surface area contributed by atoms with E-state index in [9.17, 15) is 4.79 Å². The average molecular weight is 258 g/mol. The Morgan fingerprint density at radius 2 is 1.95 bits per heavy atom. The Labute approximate surface area is 112 Å². The molecule has 0 aliphatic carbocycles. The predicted octanol–water partition coefficient (Wildman–Crippen LogP) is 2.47. The van der Waals surface area contributed by atoms with E-state index in [2.05, 4.69) is 15.5 Å². The lowest BCUT2D eigenvalue weighted by atomic mass is 9.95. The molecule has 1 N–H and O–H groups in total. The minimum absolute atomic E-state index is 0.0258. The first-order valence-electron chi connectivity index (χ1n) is 6.14. The molecule has 5 nitrogen and oxygen atoms in total. The van der Waals surface area contributed by atoms with Gasteiger partial charge in [-0.15, -0.1) is 10.2 Å². The lowest BCUT2D eigenvalue weighted by Crippen LogP contribution is -2.27. The molecule has 0 radical (unpaired) electrons. The quantitative estimate of drug-likeness (QED) is 0.900. The number of benzene rings is 1. The van der Waals surface area contributed by atoms with Gasteiger partial charge in [0.15, 0.2) is 5.82 Å². The zero-order chi connectivity index (χ0) is 14.0. The van der Waals surface area contributed by atoms with Crippen molar-refractivity contribution in [2.45, 2.75) is 20.8 Å². The van der Waals surface area contributed by atoms with Crippen molar-refractivity contribution >= 4 is 11.6 Å². The maximum absolute atomic E-state index is 12.1. The van der Waals surface area contributed by atoms with Crippen molar-refractivity contribution < 1.29 is 4.79 Å². The molecular weight excluding hydrogens is 240 g/mol. The number of aryl methyl sites for hydroxylation is 1. The Morgan fingerprint density at radius 1 is 1.26 bits per heavy atom. The van der Waals surface area contributed by atoms with Crippen molar-refractivity contribution in [1.82, 2.24) is 14.8 Å². The number of nitrogens with one attached hydrogen (secondary N) is 1. The van der Waals surface area contributed by atoms with Gasteiger partial charge in [0.25, 0.3) is 0 Å². The molecule has 2 aromatic rings. The van der Waals surface area contributed by atoms with Crippen LogP contribution in [0.4, 0.5) is 5.69 Å². The van der Waals surface area contributed by atoms with E-state index in [-0.39, 0.29) is 5.91 Å². The highest BCUT2D eigenvalue weighted by atomic mass is 16.2. The third-order valence-corrected chi connectivity index (χ3v) is 2.81. The largest absolute Gasteiger partial charge is 0.325 e. The molecule has 1 aromatic carbocycles. The SMILES string of the molecule is Cn1cnnc1-c1ccccc1NC(=O)C(C)(C)C. The summed E-state index contributed by atoms with van der Waals surface area (Å²) in [5, 5.41) is 10.9. The van der Waals surface area contributed by atoms with Gasteiger partial charge in [-0.1, -0.05) is 32.9 Å². The smallest absolute Gasteiger partial charge is 0.229 e. The topological polar surface area (TPSA) is 59.8 Å². The number of amides is 1. The Morgan fingerprint density at radius 3 is 2.53 bits per heavy atom. The van der Waals surface area contributed by atoms with Crippen LogP contribution in [0, 0.1) is 5.41 Å². The summed E-state index contributed by atoms with van der Waals surface area (Å²) >= 11 is 0. The summed E-state index contributed by atoms with van der Waals surface area (Å²) in [5.41, 5.74) is 1.17. The summed E-state index contributed by atoms with van der Waals surface area (Å²) in [5.74, 6) is 0.701. The summed E-state index contributed by atoms with van der Waals surface area (Å²) in [6.45, 7) is 5.65. The highest BCUT2D eigenvalue weighted by molar-refractivity contribution is 5.97. The van der Waals surface area contributed by atoms with E-state index in [4.69, 9.17) is 0 Å². The standard InChI is InChI=1S/C14H18N4O/c1-14(2,3)13(19)16-11-8-6-5-7-10(11)12-17-15-9-18(12)4/h5-9H,1-4H3,(H,16,19). The number of carbonyl (C=O) groups is 1. The normalized spacial score (nSPS) is 11.4. The van der Waals surface area contributed by atoms with E-state index < -0.39 is 5.41 Å². The van der Waals surface area contributed by atoms with E-state index in [0.29, 0.717) is 0 Å². The van der Waals surface area contributed by atoms with Crippen molar-refractivity contribution in [2.75, 3.05) is 5.32 Å². The predicted molar refractivity (Wildman–Crippen MR) is 74.5 cm³/mol. The summed E-state index contributed by atoms with van der Waals surface area (Å²) in [7, 11) is 1.87. The summed E-state index contributed by atoms with van der Waals surface area (Å²) in [6.07, 6.45) is 1.64. The lowest BCUT2D eigenvalue weighted by Gasteiger charge is -2.19. The number of carbonyl (C=O) groups excluding carboxylic acids is 1. The van der Waals surface area contributed by atoms with Crippen LogP contribution in [0.3, 0.4) is 0 Å². The molecule has 0 aliphatic heterocycles. The third kappa shape index (κ3) is 2.81. The van der Waals surface area contributed by atoms with Gasteiger partial charge in [-0.2, -0.15) is 0 Å². The summed E-state index contributed by atoms with van der Waals surface area (Å²) in [6, 6.07) is 7.59. The molecule has 1 heterocycles. The van der Waals surface area contributed by atoms with Crippen LogP contribution in [0.1, 0.15) is 20.8 Å². The van der Waals surface area contributed by atoms with Gasteiger partial charge in [0, 0.05) is 18.0 Å². The molecule has 0 unspecified atom stereocenters. The van der Waals surface area contributed by atoms with Crippen molar-refractivity contribution in [3.8, 4) is 11.4 Å². The van der Waals surface area contributed by atoms with Gasteiger partial charge in [0.05, 0.1) is 5.69 Å². The van der Waals surface area contributed by atoms with Gasteiger partial charge >= 0.3 is 0 Å². The molecule has 0 atom stereocenters. The molecule has 1 aromatic heterocycles. The first-order valence-corrected chi connectivity index (χ1v) is 6.14. The second-order valence-corrected chi connectivity index (χ2v) is 5.52. The Bertz CT molecular complexity index is 595. The third-order valence-electron chi connectivity index (χ3n) is 2.81. The van der Waals surface area contributed by atoms with Crippen LogP contribution in [0.5, 0.6) is 0 Å². The van der Waals surface area contributed by atoms with E-state index in [1.54, 1.807) is 6.33 Å². The second kappa shape index (κ2) is 4.84. The van der Waals surface area contributed by atoms with Gasteiger partial charge in [0.2, 0.25) is 5.91 Å². The van der Waals surface area contributed by atoms with Crippen molar-refractivity contribution in [1.29, 1.82) is 0 Å². The number of para-hydroxylation sites is 1. The molecule has 0 saturated heterocycles. The van der Waals surface area contributed by atoms with Gasteiger partial charge in [0.1, 0.15) is 6.33 Å². The van der Waals surface area contributed by atoms with E-state index in [0.717, 1.165) is 17.1 Å². The van der Waals surface area contributed by atoms with Gasteiger partial charge in [-0.05, 0) is 12.1 Å². The van der Waals surface area contributed by atoms with E-state index in [1.807, 2.05) is 56.7 Å². The first kappa shape index (κ1) is 13.3. The van der Waals surface area contributed by atoms with Gasteiger partial charge in [-0.25, -0.2) is 0 Å². The Kier molecular flexibility index (Phi) is 3.38. The highest BCUT2D eigenvalue weighted by Gasteiger charge is 2.22. The maximum Gasteiger partial charge on any atom is 0.229 e. The van der Waals surface area contributed by atoms with Crippen LogP contribution in [0.25, 0.3) is 11.4 Å². The monoisotopic (exact) mass is 258 g/mol. The van der Waals surface area contributed by atoms with Crippen LogP contribution >= 0.6 is 0 Å². The fourth-order valence-corrected chi connectivity index (χ4v) is 1.62. The number of anilines is 1. The Balaban J connectivity index is 2.38. The molecule has 0 fully saturated rings. The molecule has 2 rings (SSSR count). The minimum atomic E-state index is -0.438. The second-order valence-electron chi connectivity index (χ2n) is 5.52. The zero-order valence-electron chi connectivity index (χ0n) is 11.6. The van der Waals surface area contributed by atoms with Crippen LogP contribution in [0.2, 0.25) is 0 Å². The average Bonchev–Trinajstić information content (AvgIpc) is 2.75. The van der Waals surface area contributed by atoms with Crippen LogP contribution in [0.15, 0.2) is 30.6 Å². The molecule has 0 bridgehead atoms. The lowest BCUT2D eigenvalue weighted by molar-refractivity contribution is -0.123. The number of hydrogen-bond donors (Lipinski definition) is 1. The number of rotatable bonds is 2. The molecule has 0 saturated carbocycles. The molecule has 1 amide bonds. The first-order chi connectivity index (χ1) is 8.89. The van der Waals surface area contributed by atoms with Crippen molar-refractivity contribution in [3.05, 3.63) is 30.6 Å². The molecule has 0 aliphatic rings. The van der Waals surface area contributed by atoms with Crippen LogP contribution in [-0.2, 0) is 11.8 Å². The molecule has 5 heteroatoms. The van der Waals surface area contributed by atoms with E-state index in [1.165, 1.54) is 0 Å². The number of hydrogen-bond acceptors (Lipinski definition) is 3.